The van der Waals surface area contributed by atoms with Crippen LogP contribution in [0.4, 0.5) is 0 Å². The summed E-state index contributed by atoms with van der Waals surface area (Å²) in [5.41, 5.74) is 5.96. The van der Waals surface area contributed by atoms with Gasteiger partial charge in [0.05, 0.1) is 0 Å². The van der Waals surface area contributed by atoms with Crippen LogP contribution in [-0.4, -0.2) is 4.57 Å². The first-order valence-corrected chi connectivity index (χ1v) is 10.7. The number of hydrogen-bond donors (Lipinski definition) is 0. The zero-order valence-corrected chi connectivity index (χ0v) is 18.4. The average Bonchev–Trinajstić information content (AvgIpc) is 2.90. The molecule has 1 nitrogen and oxygen atoms in total. The smallest absolute Gasteiger partial charge is 0.0491 e. The normalized spacial score (nSPS) is 13.0. The molecule has 0 amide bonds. The number of fused-ring (bicyclic) bond motifs is 3. The van der Waals surface area contributed by atoms with Crippen LogP contribution in [-0.2, 0) is 17.4 Å². The topological polar surface area (TPSA) is 4.93 Å². The summed E-state index contributed by atoms with van der Waals surface area (Å²) >= 11 is 0. The van der Waals surface area contributed by atoms with Crippen molar-refractivity contribution in [1.82, 2.24) is 4.57 Å². The highest BCUT2D eigenvalue weighted by molar-refractivity contribution is 6.08. The lowest BCUT2D eigenvalue weighted by Crippen LogP contribution is -2.10. The number of hydrogen-bond acceptors (Lipinski definition) is 0. The summed E-state index contributed by atoms with van der Waals surface area (Å²) < 4.78 is 2.55. The summed E-state index contributed by atoms with van der Waals surface area (Å²) in [7, 11) is 0. The van der Waals surface area contributed by atoms with Gasteiger partial charge in [0.15, 0.2) is 0 Å². The van der Waals surface area contributed by atoms with Crippen LogP contribution in [0.15, 0.2) is 36.4 Å². The van der Waals surface area contributed by atoms with Gasteiger partial charge in [0.2, 0.25) is 0 Å². The van der Waals surface area contributed by atoms with Crippen molar-refractivity contribution < 1.29 is 0 Å². The largest absolute Gasteiger partial charge is 0.340 e. The molecule has 0 aliphatic heterocycles. The van der Waals surface area contributed by atoms with E-state index in [1.54, 1.807) is 0 Å². The monoisotopic (exact) mass is 363 g/mol. The fourth-order valence-electron chi connectivity index (χ4n) is 3.97. The highest BCUT2D eigenvalue weighted by Gasteiger charge is 2.19. The lowest BCUT2D eigenvalue weighted by atomic mass is 9.85. The Labute approximate surface area is 165 Å². The van der Waals surface area contributed by atoms with Gasteiger partial charge in [0, 0.05) is 28.4 Å². The van der Waals surface area contributed by atoms with Crippen molar-refractivity contribution in [2.75, 3.05) is 0 Å². The van der Waals surface area contributed by atoms with E-state index in [1.807, 2.05) is 0 Å². The van der Waals surface area contributed by atoms with E-state index >= 15 is 0 Å². The van der Waals surface area contributed by atoms with Crippen molar-refractivity contribution in [3.63, 3.8) is 0 Å². The molecule has 0 N–H and O–H groups in total. The summed E-state index contributed by atoms with van der Waals surface area (Å²) in [6.45, 7) is 17.2. The molecule has 27 heavy (non-hydrogen) atoms. The fourth-order valence-corrected chi connectivity index (χ4v) is 3.97. The second-order valence-corrected chi connectivity index (χ2v) is 10.2. The number of aromatic nitrogens is 1. The van der Waals surface area contributed by atoms with Gasteiger partial charge in [-0.25, -0.2) is 0 Å². The van der Waals surface area contributed by atoms with Gasteiger partial charge >= 0.3 is 0 Å². The predicted octanol–water partition coefficient (Wildman–Crippen LogP) is 7.97. The van der Waals surface area contributed by atoms with Crippen LogP contribution < -0.4 is 0 Å². The maximum absolute atomic E-state index is 2.55. The second-order valence-electron chi connectivity index (χ2n) is 10.2. The van der Waals surface area contributed by atoms with Crippen LogP contribution in [0.25, 0.3) is 21.8 Å². The zero-order chi connectivity index (χ0) is 19.8. The van der Waals surface area contributed by atoms with E-state index in [1.165, 1.54) is 58.6 Å². The first-order valence-electron chi connectivity index (χ1n) is 10.7. The van der Waals surface area contributed by atoms with Crippen LogP contribution in [0.2, 0.25) is 0 Å². The highest BCUT2D eigenvalue weighted by atomic mass is 15.0. The Morgan fingerprint density at radius 1 is 0.667 bits per heavy atom. The molecule has 0 spiro atoms. The van der Waals surface area contributed by atoms with Crippen molar-refractivity contribution in [2.24, 2.45) is 0 Å². The van der Waals surface area contributed by atoms with Crippen molar-refractivity contribution in [3.05, 3.63) is 47.5 Å². The van der Waals surface area contributed by atoms with E-state index in [9.17, 15) is 0 Å². The van der Waals surface area contributed by atoms with Gasteiger partial charge in [-0.3, -0.25) is 0 Å². The zero-order valence-electron chi connectivity index (χ0n) is 18.4. The van der Waals surface area contributed by atoms with Crippen molar-refractivity contribution in [3.8, 4) is 0 Å². The summed E-state index contributed by atoms with van der Waals surface area (Å²) in [5.74, 6) is 0. The molecule has 0 aliphatic rings. The minimum atomic E-state index is 0.172. The minimum absolute atomic E-state index is 0.172. The molecular formula is C26H37N. The van der Waals surface area contributed by atoms with Crippen LogP contribution in [0.3, 0.4) is 0 Å². The molecule has 0 bridgehead atoms. The molecule has 0 fully saturated rings. The molecule has 1 heterocycles. The van der Waals surface area contributed by atoms with E-state index in [4.69, 9.17) is 0 Å². The standard InChI is InChI=1S/C26H37N/c1-8-9-10-11-16-27-23-14-12-19(25(2,3)4)17-21(23)22-18-20(26(5,6)7)13-15-24(22)27/h12-15,17-18H,8-11,16H2,1-7H3. The Bertz CT molecular complexity index is 857. The van der Waals surface area contributed by atoms with Gasteiger partial charge in [0.25, 0.3) is 0 Å². The Hall–Kier alpha value is -1.76. The molecule has 0 saturated heterocycles. The van der Waals surface area contributed by atoms with E-state index < -0.39 is 0 Å². The number of aryl methyl sites for hydroxylation is 1. The molecule has 0 unspecified atom stereocenters. The molecule has 3 rings (SSSR count). The fraction of sp³-hybridized carbons (Fsp3) is 0.538. The molecule has 0 atom stereocenters. The first-order chi connectivity index (χ1) is 12.6. The molecular weight excluding hydrogens is 326 g/mol. The lowest BCUT2D eigenvalue weighted by Gasteiger charge is -2.19. The number of unbranched alkanes of at least 4 members (excludes halogenated alkanes) is 3. The predicted molar refractivity (Wildman–Crippen MR) is 121 cm³/mol. The van der Waals surface area contributed by atoms with Crippen LogP contribution >= 0.6 is 0 Å². The number of benzene rings is 2. The molecule has 0 saturated carbocycles. The first kappa shape index (κ1) is 20.0. The van der Waals surface area contributed by atoms with Gasteiger partial charge in [-0.05, 0) is 52.6 Å². The van der Waals surface area contributed by atoms with Gasteiger partial charge in [-0.15, -0.1) is 0 Å². The SMILES string of the molecule is CCCCCCn1c2ccc(C(C)(C)C)cc2c2cc(C(C)(C)C)ccc21. The number of nitrogens with zero attached hydrogens (tertiary/aromatic N) is 1. The van der Waals surface area contributed by atoms with Crippen LogP contribution in [0, 0.1) is 0 Å². The van der Waals surface area contributed by atoms with Crippen molar-refractivity contribution in [2.45, 2.75) is 91.5 Å². The Morgan fingerprint density at radius 2 is 1.15 bits per heavy atom. The summed E-state index contributed by atoms with van der Waals surface area (Å²) in [6, 6.07) is 14.2. The van der Waals surface area contributed by atoms with Gasteiger partial charge in [-0.2, -0.15) is 0 Å². The van der Waals surface area contributed by atoms with E-state index in [-0.39, 0.29) is 10.8 Å². The Morgan fingerprint density at radius 3 is 1.56 bits per heavy atom. The second kappa shape index (κ2) is 7.34. The quantitative estimate of drug-likeness (QED) is 0.405. The molecule has 1 heteroatoms. The summed E-state index contributed by atoms with van der Waals surface area (Å²) in [6.07, 6.45) is 5.20. The molecule has 3 aromatic rings. The maximum Gasteiger partial charge on any atom is 0.0491 e. The summed E-state index contributed by atoms with van der Waals surface area (Å²) in [5, 5.41) is 2.83. The molecule has 0 radical (unpaired) electrons. The van der Waals surface area contributed by atoms with E-state index in [2.05, 4.69) is 89.4 Å². The molecule has 1 aromatic heterocycles. The van der Waals surface area contributed by atoms with E-state index in [0.717, 1.165) is 6.54 Å². The van der Waals surface area contributed by atoms with Crippen LogP contribution in [0.5, 0.6) is 0 Å². The third-order valence-corrected chi connectivity index (χ3v) is 5.83. The minimum Gasteiger partial charge on any atom is -0.340 e. The molecule has 0 aliphatic carbocycles. The Balaban J connectivity index is 2.20. The third kappa shape index (κ3) is 4.08. The average molecular weight is 364 g/mol. The summed E-state index contributed by atoms with van der Waals surface area (Å²) in [4.78, 5) is 0. The highest BCUT2D eigenvalue weighted by Crippen LogP contribution is 2.36. The third-order valence-electron chi connectivity index (χ3n) is 5.83. The van der Waals surface area contributed by atoms with Crippen molar-refractivity contribution >= 4 is 21.8 Å². The molecule has 2 aromatic carbocycles. The maximum atomic E-state index is 2.55. The van der Waals surface area contributed by atoms with Crippen LogP contribution in [0.1, 0.15) is 85.3 Å². The van der Waals surface area contributed by atoms with Gasteiger partial charge in [0.1, 0.15) is 0 Å². The Kier molecular flexibility index (Phi) is 5.43. The molecule has 146 valence electrons. The van der Waals surface area contributed by atoms with Gasteiger partial charge in [-0.1, -0.05) is 79.9 Å². The van der Waals surface area contributed by atoms with Crippen molar-refractivity contribution in [1.29, 1.82) is 0 Å². The number of rotatable bonds is 5. The lowest BCUT2D eigenvalue weighted by molar-refractivity contribution is 0.590. The van der Waals surface area contributed by atoms with Gasteiger partial charge < -0.3 is 4.57 Å². The van der Waals surface area contributed by atoms with E-state index in [0.29, 0.717) is 0 Å².